The first-order chi connectivity index (χ1) is 12.9. The average molecular weight is 332 g/mol. The standard InChI is InChI=1S/C24H16N2/c1-2-20(25-10-1)15-6-3-13-4-8-18-22-14(5-7-16(15)21(13)22)12-19-17-9-11-26-24(17)23(18)19/h1-12,17,24-26H. The molecule has 5 aromatic rings. The second-order valence-corrected chi connectivity index (χ2v) is 7.53. The molecule has 0 saturated carbocycles. The summed E-state index contributed by atoms with van der Waals surface area (Å²) in [6.45, 7) is 0. The topological polar surface area (TPSA) is 27.8 Å². The molecule has 0 amide bonds. The lowest BCUT2D eigenvalue weighted by molar-refractivity contribution is 0.538. The van der Waals surface area contributed by atoms with Crippen molar-refractivity contribution in [2.45, 2.75) is 12.0 Å². The van der Waals surface area contributed by atoms with Gasteiger partial charge in [-0.05, 0) is 61.8 Å². The van der Waals surface area contributed by atoms with Gasteiger partial charge in [0.15, 0.2) is 0 Å². The summed E-state index contributed by atoms with van der Waals surface area (Å²) < 4.78 is 0. The van der Waals surface area contributed by atoms with Crippen molar-refractivity contribution in [3.8, 4) is 11.3 Å². The van der Waals surface area contributed by atoms with Crippen LogP contribution in [0.1, 0.15) is 23.1 Å². The van der Waals surface area contributed by atoms with Gasteiger partial charge in [-0.15, -0.1) is 0 Å². The normalized spacial score (nSPS) is 20.5. The van der Waals surface area contributed by atoms with Crippen molar-refractivity contribution in [2.75, 3.05) is 0 Å². The van der Waals surface area contributed by atoms with E-state index in [-0.39, 0.29) is 0 Å². The molecule has 0 bridgehead atoms. The zero-order valence-corrected chi connectivity index (χ0v) is 14.1. The number of benzene rings is 4. The van der Waals surface area contributed by atoms with Gasteiger partial charge in [-0.2, -0.15) is 0 Å². The first-order valence-electron chi connectivity index (χ1n) is 9.21. The molecule has 122 valence electrons. The van der Waals surface area contributed by atoms with E-state index in [1.165, 1.54) is 54.7 Å². The minimum Gasteiger partial charge on any atom is -0.383 e. The van der Waals surface area contributed by atoms with E-state index in [0.29, 0.717) is 12.0 Å². The Bertz CT molecular complexity index is 1360. The van der Waals surface area contributed by atoms with Gasteiger partial charge in [0.05, 0.1) is 6.04 Å². The van der Waals surface area contributed by atoms with E-state index in [0.717, 1.165) is 0 Å². The highest BCUT2D eigenvalue weighted by atomic mass is 14.9. The lowest BCUT2D eigenvalue weighted by atomic mass is 9.70. The molecule has 26 heavy (non-hydrogen) atoms. The molecule has 2 atom stereocenters. The summed E-state index contributed by atoms with van der Waals surface area (Å²) >= 11 is 0. The van der Waals surface area contributed by atoms with E-state index in [4.69, 9.17) is 0 Å². The first kappa shape index (κ1) is 13.0. The Morgan fingerprint density at radius 2 is 1.65 bits per heavy atom. The molecule has 0 spiro atoms. The van der Waals surface area contributed by atoms with Crippen molar-refractivity contribution >= 4 is 32.3 Å². The Balaban J connectivity index is 1.67. The summed E-state index contributed by atoms with van der Waals surface area (Å²) in [5.74, 6) is 0.543. The van der Waals surface area contributed by atoms with Crippen molar-refractivity contribution in [1.82, 2.24) is 10.3 Å². The van der Waals surface area contributed by atoms with E-state index in [2.05, 4.69) is 77.2 Å². The van der Waals surface area contributed by atoms with E-state index in [1.807, 2.05) is 6.20 Å². The summed E-state index contributed by atoms with van der Waals surface area (Å²) in [4.78, 5) is 3.37. The SMILES string of the molecule is C1=CC2c3cc4ccc5c(-c6ccc[nH]6)ccc6ccc(c3C2N1)c4c65. The third kappa shape index (κ3) is 1.37. The van der Waals surface area contributed by atoms with Crippen LogP contribution in [0.3, 0.4) is 0 Å². The summed E-state index contributed by atoms with van der Waals surface area (Å²) in [6.07, 6.45) is 6.41. The van der Waals surface area contributed by atoms with Crippen molar-refractivity contribution in [1.29, 1.82) is 0 Å². The largest absolute Gasteiger partial charge is 0.383 e. The Labute approximate surface area is 150 Å². The molecule has 2 heterocycles. The van der Waals surface area contributed by atoms with E-state index < -0.39 is 0 Å². The molecule has 1 aliphatic carbocycles. The Hall–Kier alpha value is -3.26. The maximum Gasteiger partial charge on any atom is 0.0621 e. The lowest BCUT2D eigenvalue weighted by Crippen LogP contribution is -2.27. The van der Waals surface area contributed by atoms with Crippen LogP contribution < -0.4 is 5.32 Å². The molecule has 0 saturated heterocycles. The molecule has 1 aromatic heterocycles. The molecule has 2 unspecified atom stereocenters. The number of nitrogens with one attached hydrogen (secondary N) is 2. The van der Waals surface area contributed by atoms with Crippen molar-refractivity contribution in [2.24, 2.45) is 0 Å². The molecular weight excluding hydrogens is 316 g/mol. The van der Waals surface area contributed by atoms with Gasteiger partial charge in [-0.3, -0.25) is 0 Å². The number of rotatable bonds is 1. The molecule has 4 aromatic carbocycles. The molecular formula is C24H16N2. The maximum atomic E-state index is 3.53. The van der Waals surface area contributed by atoms with Crippen LogP contribution in [-0.2, 0) is 0 Å². The van der Waals surface area contributed by atoms with Gasteiger partial charge in [-0.1, -0.05) is 48.5 Å². The fourth-order valence-electron chi connectivity index (χ4n) is 5.20. The molecule has 1 aliphatic heterocycles. The maximum absolute atomic E-state index is 3.53. The van der Waals surface area contributed by atoms with E-state index >= 15 is 0 Å². The highest BCUT2D eigenvalue weighted by Gasteiger charge is 2.40. The van der Waals surface area contributed by atoms with Crippen molar-refractivity contribution < 1.29 is 0 Å². The Morgan fingerprint density at radius 3 is 2.58 bits per heavy atom. The summed E-state index contributed by atoms with van der Waals surface area (Å²) in [6, 6.07) is 20.8. The second-order valence-electron chi connectivity index (χ2n) is 7.53. The number of hydrogen-bond acceptors (Lipinski definition) is 1. The zero-order valence-electron chi connectivity index (χ0n) is 14.1. The van der Waals surface area contributed by atoms with Crippen molar-refractivity contribution in [3.63, 3.8) is 0 Å². The van der Waals surface area contributed by atoms with Crippen LogP contribution in [0.25, 0.3) is 43.6 Å². The predicted molar refractivity (Wildman–Crippen MR) is 108 cm³/mol. The molecule has 0 radical (unpaired) electrons. The second kappa shape index (κ2) is 4.28. The summed E-state index contributed by atoms with van der Waals surface area (Å²) in [5.41, 5.74) is 5.44. The van der Waals surface area contributed by atoms with Gasteiger partial charge in [0.1, 0.15) is 0 Å². The molecule has 2 nitrogen and oxygen atoms in total. The summed E-state index contributed by atoms with van der Waals surface area (Å²) in [5, 5.41) is 11.8. The molecule has 2 N–H and O–H groups in total. The fraction of sp³-hybridized carbons (Fsp3) is 0.0833. The van der Waals surface area contributed by atoms with Crippen LogP contribution in [0.5, 0.6) is 0 Å². The highest BCUT2D eigenvalue weighted by Crippen LogP contribution is 2.53. The molecule has 2 aliphatic rings. The number of aromatic amines is 1. The first-order valence-corrected chi connectivity index (χ1v) is 9.21. The summed E-state index contributed by atoms with van der Waals surface area (Å²) in [7, 11) is 0. The fourth-order valence-corrected chi connectivity index (χ4v) is 5.20. The van der Waals surface area contributed by atoms with Crippen LogP contribution in [0, 0.1) is 0 Å². The number of fused-ring (bicyclic) bond motifs is 5. The third-order valence-corrected chi connectivity index (χ3v) is 6.35. The Morgan fingerprint density at radius 1 is 0.808 bits per heavy atom. The Kier molecular flexibility index (Phi) is 2.14. The minimum absolute atomic E-state index is 0.456. The number of hydrogen-bond donors (Lipinski definition) is 2. The highest BCUT2D eigenvalue weighted by molar-refractivity contribution is 6.26. The van der Waals surface area contributed by atoms with Crippen molar-refractivity contribution in [3.05, 3.63) is 84.2 Å². The van der Waals surface area contributed by atoms with E-state index in [1.54, 1.807) is 0 Å². The van der Waals surface area contributed by atoms with E-state index in [9.17, 15) is 0 Å². The zero-order chi connectivity index (χ0) is 16.8. The van der Waals surface area contributed by atoms with Crippen LogP contribution in [-0.4, -0.2) is 4.98 Å². The monoisotopic (exact) mass is 332 g/mol. The minimum atomic E-state index is 0.456. The van der Waals surface area contributed by atoms with Gasteiger partial charge in [0.2, 0.25) is 0 Å². The lowest BCUT2D eigenvalue weighted by Gasteiger charge is -2.36. The van der Waals surface area contributed by atoms with Gasteiger partial charge in [0, 0.05) is 23.4 Å². The molecule has 7 rings (SSSR count). The number of H-pyrrole nitrogens is 1. The van der Waals surface area contributed by atoms with Gasteiger partial charge >= 0.3 is 0 Å². The van der Waals surface area contributed by atoms with Crippen LogP contribution in [0.15, 0.2) is 73.1 Å². The predicted octanol–water partition coefficient (Wildman–Crippen LogP) is 5.83. The smallest absolute Gasteiger partial charge is 0.0621 e. The van der Waals surface area contributed by atoms with Crippen LogP contribution >= 0.6 is 0 Å². The number of aromatic nitrogens is 1. The van der Waals surface area contributed by atoms with Crippen LogP contribution in [0.2, 0.25) is 0 Å². The quantitative estimate of drug-likeness (QED) is 0.371. The van der Waals surface area contributed by atoms with Gasteiger partial charge < -0.3 is 10.3 Å². The van der Waals surface area contributed by atoms with Gasteiger partial charge in [-0.25, -0.2) is 0 Å². The molecule has 2 heteroatoms. The third-order valence-electron chi connectivity index (χ3n) is 6.35. The molecule has 0 fully saturated rings. The van der Waals surface area contributed by atoms with Gasteiger partial charge in [0.25, 0.3) is 0 Å². The average Bonchev–Trinajstić information content (AvgIpc) is 3.33. The van der Waals surface area contributed by atoms with Crippen LogP contribution in [0.4, 0.5) is 0 Å².